The summed E-state index contributed by atoms with van der Waals surface area (Å²) in [5.41, 5.74) is 2.97. The summed E-state index contributed by atoms with van der Waals surface area (Å²) < 4.78 is 0. The fourth-order valence-electron chi connectivity index (χ4n) is 2.60. The van der Waals surface area contributed by atoms with Gasteiger partial charge in [-0.3, -0.25) is 4.98 Å². The van der Waals surface area contributed by atoms with E-state index in [2.05, 4.69) is 22.4 Å². The SMILES string of the molecule is N#Cc1ccc2ncc(C3CCNCC3)cc2c1. The second-order valence-electron chi connectivity index (χ2n) is 4.81. The van der Waals surface area contributed by atoms with Crippen molar-refractivity contribution in [2.24, 2.45) is 0 Å². The Morgan fingerprint density at radius 3 is 2.83 bits per heavy atom. The molecule has 1 aliphatic heterocycles. The summed E-state index contributed by atoms with van der Waals surface area (Å²) in [5, 5.41) is 13.4. The van der Waals surface area contributed by atoms with Crippen molar-refractivity contribution >= 4 is 10.9 Å². The third kappa shape index (κ3) is 2.07. The van der Waals surface area contributed by atoms with Crippen molar-refractivity contribution in [2.75, 3.05) is 13.1 Å². The van der Waals surface area contributed by atoms with Crippen molar-refractivity contribution in [3.63, 3.8) is 0 Å². The summed E-state index contributed by atoms with van der Waals surface area (Å²) >= 11 is 0. The normalized spacial score (nSPS) is 16.6. The standard InChI is InChI=1S/C15H15N3/c16-9-11-1-2-15-13(7-11)8-14(10-18-15)12-3-5-17-6-4-12/h1-2,7-8,10,12,17H,3-6H2. The van der Waals surface area contributed by atoms with Gasteiger partial charge in [-0.2, -0.15) is 5.26 Å². The average Bonchev–Trinajstić information content (AvgIpc) is 2.47. The van der Waals surface area contributed by atoms with Crippen molar-refractivity contribution in [3.05, 3.63) is 41.6 Å². The Labute approximate surface area is 106 Å². The van der Waals surface area contributed by atoms with Gasteiger partial charge < -0.3 is 5.32 Å². The predicted molar refractivity (Wildman–Crippen MR) is 71.3 cm³/mol. The van der Waals surface area contributed by atoms with Gasteiger partial charge in [0.15, 0.2) is 0 Å². The van der Waals surface area contributed by atoms with Gasteiger partial charge in [0.05, 0.1) is 17.1 Å². The first-order valence-electron chi connectivity index (χ1n) is 6.37. The molecule has 1 aromatic heterocycles. The summed E-state index contributed by atoms with van der Waals surface area (Å²) in [6.07, 6.45) is 4.33. The van der Waals surface area contributed by atoms with E-state index in [0.29, 0.717) is 11.5 Å². The minimum absolute atomic E-state index is 0.605. The molecule has 1 aliphatic rings. The highest BCUT2D eigenvalue weighted by molar-refractivity contribution is 5.80. The Kier molecular flexibility index (Phi) is 2.95. The van der Waals surface area contributed by atoms with E-state index in [0.717, 1.165) is 24.0 Å². The second-order valence-corrected chi connectivity index (χ2v) is 4.81. The predicted octanol–water partition coefficient (Wildman–Crippen LogP) is 2.57. The van der Waals surface area contributed by atoms with E-state index in [9.17, 15) is 0 Å². The van der Waals surface area contributed by atoms with Crippen LogP contribution in [0.25, 0.3) is 10.9 Å². The van der Waals surface area contributed by atoms with Crippen molar-refractivity contribution < 1.29 is 0 Å². The van der Waals surface area contributed by atoms with Gasteiger partial charge in [-0.1, -0.05) is 0 Å². The van der Waals surface area contributed by atoms with Crippen LogP contribution in [0.15, 0.2) is 30.5 Å². The molecule has 0 atom stereocenters. The highest BCUT2D eigenvalue weighted by Crippen LogP contribution is 2.27. The number of nitrogens with one attached hydrogen (secondary N) is 1. The first-order valence-corrected chi connectivity index (χ1v) is 6.37. The number of benzene rings is 1. The fourth-order valence-corrected chi connectivity index (χ4v) is 2.60. The zero-order valence-corrected chi connectivity index (χ0v) is 10.2. The number of rotatable bonds is 1. The topological polar surface area (TPSA) is 48.7 Å². The maximum Gasteiger partial charge on any atom is 0.0991 e. The van der Waals surface area contributed by atoms with Crippen molar-refractivity contribution in [2.45, 2.75) is 18.8 Å². The quantitative estimate of drug-likeness (QED) is 0.829. The van der Waals surface area contributed by atoms with Crippen LogP contribution in [0, 0.1) is 11.3 Å². The maximum absolute atomic E-state index is 8.94. The number of pyridine rings is 1. The van der Waals surface area contributed by atoms with Gasteiger partial charge in [0.1, 0.15) is 0 Å². The number of hydrogen-bond acceptors (Lipinski definition) is 3. The van der Waals surface area contributed by atoms with Gasteiger partial charge >= 0.3 is 0 Å². The molecule has 0 unspecified atom stereocenters. The Balaban J connectivity index is 2.01. The molecule has 1 N–H and O–H groups in total. The third-order valence-electron chi connectivity index (χ3n) is 3.64. The monoisotopic (exact) mass is 237 g/mol. The maximum atomic E-state index is 8.94. The molecule has 0 spiro atoms. The molecule has 0 aliphatic carbocycles. The molecule has 18 heavy (non-hydrogen) atoms. The molecule has 2 aromatic rings. The Bertz CT molecular complexity index is 607. The fraction of sp³-hybridized carbons (Fsp3) is 0.333. The minimum Gasteiger partial charge on any atom is -0.317 e. The Morgan fingerprint density at radius 2 is 2.06 bits per heavy atom. The molecule has 1 saturated heterocycles. The van der Waals surface area contributed by atoms with Gasteiger partial charge in [0, 0.05) is 11.6 Å². The van der Waals surface area contributed by atoms with Crippen LogP contribution in [0.2, 0.25) is 0 Å². The molecular formula is C15H15N3. The van der Waals surface area contributed by atoms with Crippen molar-refractivity contribution in [1.29, 1.82) is 5.26 Å². The van der Waals surface area contributed by atoms with Gasteiger partial charge in [-0.25, -0.2) is 0 Å². The first-order chi connectivity index (χ1) is 8.86. The lowest BCUT2D eigenvalue weighted by Gasteiger charge is -2.22. The first kappa shape index (κ1) is 11.2. The molecule has 90 valence electrons. The number of aromatic nitrogens is 1. The summed E-state index contributed by atoms with van der Waals surface area (Å²) in [6.45, 7) is 2.17. The Morgan fingerprint density at radius 1 is 1.22 bits per heavy atom. The molecule has 2 heterocycles. The number of piperidine rings is 1. The van der Waals surface area contributed by atoms with Gasteiger partial charge in [-0.15, -0.1) is 0 Å². The average molecular weight is 237 g/mol. The number of nitriles is 1. The van der Waals surface area contributed by atoms with E-state index in [-0.39, 0.29) is 0 Å². The molecule has 3 heteroatoms. The Hall–Kier alpha value is -1.92. The molecule has 0 bridgehead atoms. The number of hydrogen-bond donors (Lipinski definition) is 1. The van der Waals surface area contributed by atoms with Gasteiger partial charge in [0.25, 0.3) is 0 Å². The van der Waals surface area contributed by atoms with Crippen LogP contribution in [0.3, 0.4) is 0 Å². The molecule has 3 rings (SSSR count). The zero-order valence-electron chi connectivity index (χ0n) is 10.2. The van der Waals surface area contributed by atoms with Gasteiger partial charge in [-0.05, 0) is 61.7 Å². The van der Waals surface area contributed by atoms with Crippen LogP contribution in [0.5, 0.6) is 0 Å². The molecule has 0 radical (unpaired) electrons. The smallest absolute Gasteiger partial charge is 0.0991 e. The number of nitrogens with zero attached hydrogens (tertiary/aromatic N) is 2. The van der Waals surface area contributed by atoms with E-state index in [1.54, 1.807) is 0 Å². The van der Waals surface area contributed by atoms with Crippen LogP contribution >= 0.6 is 0 Å². The van der Waals surface area contributed by atoms with E-state index in [1.165, 1.54) is 18.4 Å². The molecule has 0 amide bonds. The largest absolute Gasteiger partial charge is 0.317 e. The highest BCUT2D eigenvalue weighted by Gasteiger charge is 2.15. The summed E-state index contributed by atoms with van der Waals surface area (Å²) in [7, 11) is 0. The molecular weight excluding hydrogens is 222 g/mol. The van der Waals surface area contributed by atoms with Crippen LogP contribution in [0.4, 0.5) is 0 Å². The van der Waals surface area contributed by atoms with Crippen LogP contribution in [-0.2, 0) is 0 Å². The zero-order chi connectivity index (χ0) is 12.4. The molecule has 0 saturated carbocycles. The number of fused-ring (bicyclic) bond motifs is 1. The lowest BCUT2D eigenvalue weighted by molar-refractivity contribution is 0.460. The van der Waals surface area contributed by atoms with Crippen LogP contribution in [-0.4, -0.2) is 18.1 Å². The highest BCUT2D eigenvalue weighted by atomic mass is 14.9. The van der Waals surface area contributed by atoms with E-state index < -0.39 is 0 Å². The van der Waals surface area contributed by atoms with E-state index in [1.807, 2.05) is 24.4 Å². The van der Waals surface area contributed by atoms with Crippen LogP contribution < -0.4 is 5.32 Å². The molecule has 1 aromatic carbocycles. The van der Waals surface area contributed by atoms with E-state index in [4.69, 9.17) is 5.26 Å². The second kappa shape index (κ2) is 4.75. The lowest BCUT2D eigenvalue weighted by Crippen LogP contribution is -2.26. The summed E-state index contributed by atoms with van der Waals surface area (Å²) in [6, 6.07) is 10.0. The molecule has 3 nitrogen and oxygen atoms in total. The lowest BCUT2D eigenvalue weighted by atomic mass is 9.90. The summed E-state index contributed by atoms with van der Waals surface area (Å²) in [5.74, 6) is 0.605. The minimum atomic E-state index is 0.605. The molecule has 1 fully saturated rings. The third-order valence-corrected chi connectivity index (χ3v) is 3.64. The van der Waals surface area contributed by atoms with Crippen molar-refractivity contribution in [3.8, 4) is 6.07 Å². The van der Waals surface area contributed by atoms with Crippen LogP contribution in [0.1, 0.15) is 29.9 Å². The van der Waals surface area contributed by atoms with Crippen molar-refractivity contribution in [1.82, 2.24) is 10.3 Å². The summed E-state index contributed by atoms with van der Waals surface area (Å²) in [4.78, 5) is 4.50. The van der Waals surface area contributed by atoms with Gasteiger partial charge in [0.2, 0.25) is 0 Å². The van der Waals surface area contributed by atoms with E-state index >= 15 is 0 Å².